The molecule has 0 saturated carbocycles. The number of carbonyl (C=O) groups is 1. The highest BCUT2D eigenvalue weighted by molar-refractivity contribution is 5.95. The summed E-state index contributed by atoms with van der Waals surface area (Å²) in [7, 11) is 0. The van der Waals surface area contributed by atoms with Gasteiger partial charge in [0.05, 0.1) is 22.7 Å². The van der Waals surface area contributed by atoms with Crippen LogP contribution in [0.1, 0.15) is 16.7 Å². The lowest BCUT2D eigenvalue weighted by Crippen LogP contribution is -2.30. The lowest BCUT2D eigenvalue weighted by molar-refractivity contribution is -0.117. The Kier molecular flexibility index (Phi) is 5.33. The van der Waals surface area contributed by atoms with Crippen molar-refractivity contribution in [3.8, 4) is 17.3 Å². The van der Waals surface area contributed by atoms with Gasteiger partial charge in [0.1, 0.15) is 6.54 Å². The lowest BCUT2D eigenvalue weighted by Gasteiger charge is -2.13. The van der Waals surface area contributed by atoms with Crippen molar-refractivity contribution in [3.63, 3.8) is 0 Å². The number of nitrogens with zero attached hydrogens (tertiary/aromatic N) is 3. The van der Waals surface area contributed by atoms with Gasteiger partial charge in [-0.15, -0.1) is 0 Å². The van der Waals surface area contributed by atoms with E-state index in [1.165, 1.54) is 4.68 Å². The molecule has 1 aromatic heterocycles. The summed E-state index contributed by atoms with van der Waals surface area (Å²) in [5, 5.41) is 17.6. The van der Waals surface area contributed by atoms with Crippen LogP contribution in [0, 0.1) is 25.2 Å². The van der Waals surface area contributed by atoms with Gasteiger partial charge >= 0.3 is 0 Å². The zero-order valence-corrected chi connectivity index (χ0v) is 17.2. The van der Waals surface area contributed by atoms with Crippen LogP contribution >= 0.6 is 0 Å². The number of fused-ring (bicyclic) bond motifs is 1. The largest absolute Gasteiger partial charge is 0.324 e. The molecule has 0 bridgehead atoms. The van der Waals surface area contributed by atoms with Crippen LogP contribution in [0.5, 0.6) is 0 Å². The standard InChI is InChI=1S/C25H20N4O2/c1-16-10-11-17(2)22(12-16)24-20-8-3-4-9-21(20)25(31)29(28-24)15-23(30)27-19-7-5-6-18(13-19)14-26/h3-13H,15H2,1-2H3,(H,27,30). The molecule has 0 radical (unpaired) electrons. The molecule has 3 aromatic carbocycles. The van der Waals surface area contributed by atoms with Crippen LogP contribution in [0.25, 0.3) is 22.0 Å². The number of benzene rings is 3. The van der Waals surface area contributed by atoms with E-state index in [-0.39, 0.29) is 12.1 Å². The van der Waals surface area contributed by atoms with E-state index in [0.717, 1.165) is 22.1 Å². The smallest absolute Gasteiger partial charge is 0.275 e. The van der Waals surface area contributed by atoms with Crippen molar-refractivity contribution >= 4 is 22.4 Å². The Morgan fingerprint density at radius 3 is 2.58 bits per heavy atom. The fraction of sp³-hybridized carbons (Fsp3) is 0.120. The van der Waals surface area contributed by atoms with Crippen molar-refractivity contribution in [1.82, 2.24) is 9.78 Å². The number of anilines is 1. The molecule has 0 spiro atoms. The molecule has 1 amide bonds. The van der Waals surface area contributed by atoms with Gasteiger partial charge in [0.25, 0.3) is 5.56 Å². The van der Waals surface area contributed by atoms with Gasteiger partial charge in [0.2, 0.25) is 5.91 Å². The summed E-state index contributed by atoms with van der Waals surface area (Å²) in [5.41, 5.74) is 4.31. The van der Waals surface area contributed by atoms with Crippen LogP contribution in [0.2, 0.25) is 0 Å². The van der Waals surface area contributed by atoms with Gasteiger partial charge in [-0.25, -0.2) is 4.68 Å². The number of aryl methyl sites for hydroxylation is 2. The molecule has 0 aliphatic heterocycles. The van der Waals surface area contributed by atoms with Crippen molar-refractivity contribution in [2.24, 2.45) is 0 Å². The molecular weight excluding hydrogens is 388 g/mol. The fourth-order valence-corrected chi connectivity index (χ4v) is 3.54. The second kappa shape index (κ2) is 8.25. The number of amides is 1. The van der Waals surface area contributed by atoms with Crippen molar-refractivity contribution < 1.29 is 4.79 Å². The van der Waals surface area contributed by atoms with Gasteiger partial charge in [0.15, 0.2) is 0 Å². The summed E-state index contributed by atoms with van der Waals surface area (Å²) in [4.78, 5) is 25.7. The maximum absolute atomic E-state index is 13.0. The van der Waals surface area contributed by atoms with E-state index in [2.05, 4.69) is 10.4 Å². The highest BCUT2D eigenvalue weighted by Crippen LogP contribution is 2.28. The topological polar surface area (TPSA) is 87.8 Å². The van der Waals surface area contributed by atoms with Crippen molar-refractivity contribution in [2.75, 3.05) is 5.32 Å². The third-order valence-corrected chi connectivity index (χ3v) is 5.08. The molecule has 1 heterocycles. The molecule has 0 saturated heterocycles. The highest BCUT2D eigenvalue weighted by Gasteiger charge is 2.16. The average Bonchev–Trinajstić information content (AvgIpc) is 2.77. The van der Waals surface area contributed by atoms with Gasteiger partial charge in [-0.05, 0) is 49.7 Å². The number of rotatable bonds is 4. The first-order valence-electron chi connectivity index (χ1n) is 9.84. The van der Waals surface area contributed by atoms with Crippen molar-refractivity contribution in [3.05, 3.63) is 93.8 Å². The Morgan fingerprint density at radius 1 is 1.03 bits per heavy atom. The number of nitrogens with one attached hydrogen (secondary N) is 1. The lowest BCUT2D eigenvalue weighted by atomic mass is 9.99. The van der Waals surface area contributed by atoms with Crippen LogP contribution in [0.15, 0.2) is 71.5 Å². The number of nitriles is 1. The molecular formula is C25H20N4O2. The van der Waals surface area contributed by atoms with Crippen LogP contribution in [-0.4, -0.2) is 15.7 Å². The molecule has 0 aliphatic carbocycles. The summed E-state index contributed by atoms with van der Waals surface area (Å²) in [6.07, 6.45) is 0. The van der Waals surface area contributed by atoms with E-state index in [1.54, 1.807) is 36.4 Å². The Balaban J connectivity index is 1.77. The average molecular weight is 408 g/mol. The third kappa shape index (κ3) is 4.07. The van der Waals surface area contributed by atoms with Crippen LogP contribution < -0.4 is 10.9 Å². The van der Waals surface area contributed by atoms with Crippen molar-refractivity contribution in [1.29, 1.82) is 5.26 Å². The minimum absolute atomic E-state index is 0.238. The summed E-state index contributed by atoms with van der Waals surface area (Å²) < 4.78 is 1.20. The number of hydrogen-bond donors (Lipinski definition) is 1. The Bertz CT molecular complexity index is 1410. The summed E-state index contributed by atoms with van der Waals surface area (Å²) >= 11 is 0. The Labute approximate surface area is 179 Å². The van der Waals surface area contributed by atoms with Crippen LogP contribution in [0.4, 0.5) is 5.69 Å². The van der Waals surface area contributed by atoms with E-state index in [1.807, 2.05) is 50.2 Å². The molecule has 0 fully saturated rings. The molecule has 0 aliphatic rings. The first-order chi connectivity index (χ1) is 15.0. The van der Waals surface area contributed by atoms with Gasteiger partial charge in [0, 0.05) is 16.6 Å². The second-order valence-corrected chi connectivity index (χ2v) is 7.42. The number of carbonyl (C=O) groups excluding carboxylic acids is 1. The Hall–Kier alpha value is -4.24. The van der Waals surface area contributed by atoms with E-state index in [0.29, 0.717) is 22.3 Å². The van der Waals surface area contributed by atoms with Crippen molar-refractivity contribution in [2.45, 2.75) is 20.4 Å². The first-order valence-corrected chi connectivity index (χ1v) is 9.84. The van der Waals surface area contributed by atoms with E-state index in [4.69, 9.17) is 5.26 Å². The van der Waals surface area contributed by atoms with Gasteiger partial charge in [-0.1, -0.05) is 42.0 Å². The molecule has 0 atom stereocenters. The molecule has 0 unspecified atom stereocenters. The monoisotopic (exact) mass is 408 g/mol. The molecule has 6 nitrogen and oxygen atoms in total. The molecule has 4 rings (SSSR count). The molecule has 1 N–H and O–H groups in total. The molecule has 31 heavy (non-hydrogen) atoms. The quantitative estimate of drug-likeness (QED) is 0.548. The summed E-state index contributed by atoms with van der Waals surface area (Å²) in [6, 6.07) is 22.0. The van der Waals surface area contributed by atoms with Gasteiger partial charge in [-0.3, -0.25) is 9.59 Å². The molecule has 152 valence electrons. The third-order valence-electron chi connectivity index (χ3n) is 5.08. The van der Waals surface area contributed by atoms with E-state index < -0.39 is 5.91 Å². The maximum atomic E-state index is 13.0. The van der Waals surface area contributed by atoms with E-state index in [9.17, 15) is 9.59 Å². The minimum Gasteiger partial charge on any atom is -0.324 e. The van der Waals surface area contributed by atoms with Gasteiger partial charge in [-0.2, -0.15) is 10.4 Å². The van der Waals surface area contributed by atoms with Crippen LogP contribution in [-0.2, 0) is 11.3 Å². The fourth-order valence-electron chi connectivity index (χ4n) is 3.54. The summed E-state index contributed by atoms with van der Waals surface area (Å²) in [6.45, 7) is 3.76. The number of aromatic nitrogens is 2. The SMILES string of the molecule is Cc1ccc(C)c(-c2nn(CC(=O)Nc3cccc(C#N)c3)c(=O)c3ccccc23)c1. The van der Waals surface area contributed by atoms with Gasteiger partial charge < -0.3 is 5.32 Å². The first kappa shape index (κ1) is 20.0. The predicted octanol–water partition coefficient (Wildman–Crippen LogP) is 4.19. The summed E-state index contributed by atoms with van der Waals surface area (Å²) in [5.74, 6) is -0.396. The highest BCUT2D eigenvalue weighted by atomic mass is 16.2. The predicted molar refractivity (Wildman–Crippen MR) is 121 cm³/mol. The normalized spacial score (nSPS) is 10.6. The maximum Gasteiger partial charge on any atom is 0.275 e. The van der Waals surface area contributed by atoms with E-state index >= 15 is 0 Å². The second-order valence-electron chi connectivity index (χ2n) is 7.42. The zero-order chi connectivity index (χ0) is 22.0. The molecule has 4 aromatic rings. The number of hydrogen-bond acceptors (Lipinski definition) is 4. The molecule has 6 heteroatoms. The Morgan fingerprint density at radius 2 is 1.81 bits per heavy atom. The van der Waals surface area contributed by atoms with Crippen LogP contribution in [0.3, 0.4) is 0 Å². The zero-order valence-electron chi connectivity index (χ0n) is 17.2. The minimum atomic E-state index is -0.396.